The van der Waals surface area contributed by atoms with Crippen LogP contribution in [0.1, 0.15) is 46.4 Å². The monoisotopic (exact) mass is 449 g/mol. The van der Waals surface area contributed by atoms with Crippen LogP contribution in [0.2, 0.25) is 0 Å². The lowest BCUT2D eigenvalue weighted by atomic mass is 9.99. The highest BCUT2D eigenvalue weighted by molar-refractivity contribution is 6.08. The summed E-state index contributed by atoms with van der Waals surface area (Å²) in [7, 11) is 0. The second-order valence-electron chi connectivity index (χ2n) is 8.28. The quantitative estimate of drug-likeness (QED) is 0.470. The number of fused-ring (bicyclic) bond motifs is 1. The number of amides is 1. The summed E-state index contributed by atoms with van der Waals surface area (Å²) in [6.45, 7) is 1.59. The molecule has 6 nitrogen and oxygen atoms in total. The Morgan fingerprint density at radius 1 is 1.24 bits per heavy atom. The number of hydrogen-bond acceptors (Lipinski definition) is 4. The predicted octanol–water partition coefficient (Wildman–Crippen LogP) is 4.51. The Balaban J connectivity index is 1.62. The Morgan fingerprint density at radius 2 is 2.03 bits per heavy atom. The fraction of sp³-hybridized carbons (Fsp3) is 0.240. The van der Waals surface area contributed by atoms with E-state index < -0.39 is 17.3 Å². The molecule has 8 heteroatoms. The van der Waals surface area contributed by atoms with E-state index >= 15 is 0 Å². The van der Waals surface area contributed by atoms with E-state index in [1.807, 2.05) is 0 Å². The van der Waals surface area contributed by atoms with E-state index in [1.54, 1.807) is 25.1 Å². The predicted molar refractivity (Wildman–Crippen MR) is 118 cm³/mol. The van der Waals surface area contributed by atoms with Crippen molar-refractivity contribution in [1.82, 2.24) is 14.9 Å². The summed E-state index contributed by atoms with van der Waals surface area (Å²) < 4.78 is 35.2. The minimum Gasteiger partial charge on any atom is -0.447 e. The fourth-order valence-corrected chi connectivity index (χ4v) is 4.33. The van der Waals surface area contributed by atoms with Gasteiger partial charge in [-0.05, 0) is 49.4 Å². The van der Waals surface area contributed by atoms with Gasteiger partial charge in [-0.3, -0.25) is 9.59 Å². The van der Waals surface area contributed by atoms with Crippen LogP contribution in [0.25, 0.3) is 10.8 Å². The normalized spacial score (nSPS) is 14.4. The van der Waals surface area contributed by atoms with Gasteiger partial charge in [0.2, 0.25) is 5.89 Å². The molecule has 0 radical (unpaired) electrons. The van der Waals surface area contributed by atoms with E-state index in [0.717, 1.165) is 12.8 Å². The van der Waals surface area contributed by atoms with Gasteiger partial charge in [0.15, 0.2) is 0 Å². The van der Waals surface area contributed by atoms with Crippen LogP contribution in [0.5, 0.6) is 0 Å². The van der Waals surface area contributed by atoms with Gasteiger partial charge in [0.25, 0.3) is 11.5 Å². The molecule has 0 saturated heterocycles. The molecule has 0 spiro atoms. The molecule has 0 unspecified atom stereocenters. The number of hydrogen-bond donors (Lipinski definition) is 1. The molecular weight excluding hydrogens is 428 g/mol. The summed E-state index contributed by atoms with van der Waals surface area (Å²) in [5.41, 5.74) is 0.659. The second-order valence-corrected chi connectivity index (χ2v) is 8.28. The maximum absolute atomic E-state index is 14.8. The molecule has 4 aromatic rings. The summed E-state index contributed by atoms with van der Waals surface area (Å²) in [6, 6.07) is 9.99. The van der Waals surface area contributed by atoms with E-state index in [4.69, 9.17) is 4.42 Å². The zero-order chi connectivity index (χ0) is 23.1. The van der Waals surface area contributed by atoms with Gasteiger partial charge in [0.05, 0.1) is 23.2 Å². The Kier molecular flexibility index (Phi) is 5.28. The van der Waals surface area contributed by atoms with Crippen molar-refractivity contribution in [2.24, 2.45) is 5.92 Å². The number of oxazole rings is 1. The van der Waals surface area contributed by atoms with Crippen molar-refractivity contribution in [2.45, 2.75) is 32.4 Å². The molecule has 1 amide bonds. The summed E-state index contributed by atoms with van der Waals surface area (Å²) >= 11 is 0. The van der Waals surface area contributed by atoms with Gasteiger partial charge in [-0.1, -0.05) is 24.3 Å². The Bertz CT molecular complexity index is 1410. The fourth-order valence-electron chi connectivity index (χ4n) is 4.33. The van der Waals surface area contributed by atoms with Gasteiger partial charge >= 0.3 is 0 Å². The Hall–Kier alpha value is -3.81. The van der Waals surface area contributed by atoms with Gasteiger partial charge in [0.1, 0.15) is 24.4 Å². The molecule has 33 heavy (non-hydrogen) atoms. The van der Waals surface area contributed by atoms with Crippen molar-refractivity contribution in [3.05, 3.63) is 99.6 Å². The van der Waals surface area contributed by atoms with Crippen molar-refractivity contribution in [1.29, 1.82) is 0 Å². The number of nitrogens with one attached hydrogen (secondary N) is 1. The first-order valence-corrected chi connectivity index (χ1v) is 10.7. The van der Waals surface area contributed by atoms with E-state index in [0.29, 0.717) is 11.3 Å². The number of nitrogens with zero attached hydrogens (tertiary/aromatic N) is 2. The van der Waals surface area contributed by atoms with Gasteiger partial charge in [-0.2, -0.15) is 0 Å². The number of carbonyl (C=O) groups is 1. The van der Waals surface area contributed by atoms with Crippen LogP contribution in [-0.2, 0) is 6.54 Å². The van der Waals surface area contributed by atoms with Crippen LogP contribution < -0.4 is 10.9 Å². The van der Waals surface area contributed by atoms with Crippen LogP contribution in [0, 0.1) is 24.5 Å². The molecule has 1 aliphatic carbocycles. The number of halogens is 2. The van der Waals surface area contributed by atoms with Gasteiger partial charge in [-0.15, -0.1) is 0 Å². The maximum Gasteiger partial charge on any atom is 0.262 e. The molecule has 1 atom stereocenters. The van der Waals surface area contributed by atoms with Crippen molar-refractivity contribution in [3.8, 4) is 0 Å². The molecular formula is C25H21F2N3O3. The highest BCUT2D eigenvalue weighted by Crippen LogP contribution is 2.41. The average Bonchev–Trinajstić information content (AvgIpc) is 3.50. The first-order chi connectivity index (χ1) is 15.9. The molecule has 1 saturated carbocycles. The zero-order valence-corrected chi connectivity index (χ0v) is 17.8. The molecule has 168 valence electrons. The highest BCUT2D eigenvalue weighted by Gasteiger charge is 2.34. The minimum atomic E-state index is -0.712. The van der Waals surface area contributed by atoms with Crippen LogP contribution in [-0.4, -0.2) is 15.5 Å². The van der Waals surface area contributed by atoms with E-state index in [1.165, 1.54) is 41.3 Å². The lowest BCUT2D eigenvalue weighted by molar-refractivity contribution is 0.0931. The van der Waals surface area contributed by atoms with Gasteiger partial charge in [-0.25, -0.2) is 13.8 Å². The standard InChI is InChI=1S/C25H21F2N3O3/c1-14-21(24(31)29-23(15-8-9-15)16-4-2-5-17(26)12-16)18-6-3-7-19(27)22(18)25(32)30(14)13-20-28-10-11-33-20/h2-7,10-12,15,23H,8-9,13H2,1H3,(H,29,31)/t23-/m0/s1. The van der Waals surface area contributed by atoms with E-state index in [9.17, 15) is 18.4 Å². The number of rotatable bonds is 6. The SMILES string of the molecule is Cc1c(C(=O)N[C@H](c2cccc(F)c2)C2CC2)c2cccc(F)c2c(=O)n1Cc1ncco1. The van der Waals surface area contributed by atoms with E-state index in [2.05, 4.69) is 10.3 Å². The van der Waals surface area contributed by atoms with Crippen LogP contribution >= 0.6 is 0 Å². The first-order valence-electron chi connectivity index (χ1n) is 10.7. The Morgan fingerprint density at radius 3 is 2.73 bits per heavy atom. The highest BCUT2D eigenvalue weighted by atomic mass is 19.1. The van der Waals surface area contributed by atoms with Gasteiger partial charge < -0.3 is 14.3 Å². The van der Waals surface area contributed by atoms with Crippen molar-refractivity contribution >= 4 is 16.7 Å². The first kappa shape index (κ1) is 21.1. The zero-order valence-electron chi connectivity index (χ0n) is 17.8. The molecule has 1 N–H and O–H groups in total. The van der Waals surface area contributed by atoms with Crippen molar-refractivity contribution in [2.75, 3.05) is 0 Å². The largest absolute Gasteiger partial charge is 0.447 e. The summed E-state index contributed by atoms with van der Waals surface area (Å²) in [4.78, 5) is 30.8. The summed E-state index contributed by atoms with van der Waals surface area (Å²) in [5, 5.41) is 3.07. The van der Waals surface area contributed by atoms with Gasteiger partial charge in [0, 0.05) is 11.1 Å². The molecule has 1 fully saturated rings. The third kappa shape index (κ3) is 3.92. The third-order valence-corrected chi connectivity index (χ3v) is 6.10. The third-order valence-electron chi connectivity index (χ3n) is 6.10. The van der Waals surface area contributed by atoms with E-state index in [-0.39, 0.29) is 46.5 Å². The average molecular weight is 449 g/mol. The Labute approximate surface area is 187 Å². The van der Waals surface area contributed by atoms with Crippen LogP contribution in [0.3, 0.4) is 0 Å². The second kappa shape index (κ2) is 8.27. The lowest BCUT2D eigenvalue weighted by Gasteiger charge is -2.22. The smallest absolute Gasteiger partial charge is 0.262 e. The van der Waals surface area contributed by atoms with Crippen molar-refractivity contribution in [3.63, 3.8) is 0 Å². The molecule has 1 aliphatic rings. The number of carbonyl (C=O) groups excluding carboxylic acids is 1. The molecule has 5 rings (SSSR count). The lowest BCUT2D eigenvalue weighted by Crippen LogP contribution is -2.34. The number of aromatic nitrogens is 2. The van der Waals surface area contributed by atoms with Crippen molar-refractivity contribution < 1.29 is 18.0 Å². The molecule has 2 heterocycles. The number of benzene rings is 2. The topological polar surface area (TPSA) is 77.1 Å². The minimum absolute atomic E-state index is 0.0435. The molecule has 0 aliphatic heterocycles. The molecule has 2 aromatic carbocycles. The summed E-state index contributed by atoms with van der Waals surface area (Å²) in [5.74, 6) is -1.09. The summed E-state index contributed by atoms with van der Waals surface area (Å²) in [6.07, 6.45) is 4.66. The number of pyridine rings is 1. The molecule has 2 aromatic heterocycles. The van der Waals surface area contributed by atoms with Crippen LogP contribution in [0.4, 0.5) is 8.78 Å². The maximum atomic E-state index is 14.8. The molecule has 0 bridgehead atoms. The van der Waals surface area contributed by atoms with Crippen LogP contribution in [0.15, 0.2) is 64.1 Å².